The number of carbonyl (C=O) groups excluding carboxylic acids is 1. The second kappa shape index (κ2) is 8.84. The first kappa shape index (κ1) is 22.2. The highest BCUT2D eigenvalue weighted by atomic mass is 32.2. The van der Waals surface area contributed by atoms with Crippen LogP contribution in [0.5, 0.6) is 0 Å². The molecule has 0 radical (unpaired) electrons. The third-order valence-electron chi connectivity index (χ3n) is 5.68. The van der Waals surface area contributed by atoms with Crippen molar-refractivity contribution in [3.63, 3.8) is 0 Å². The molecule has 1 unspecified atom stereocenters. The molecule has 0 spiro atoms. The van der Waals surface area contributed by atoms with Crippen LogP contribution in [0.2, 0.25) is 0 Å². The summed E-state index contributed by atoms with van der Waals surface area (Å²) in [4.78, 5) is 12.5. The maximum atomic E-state index is 14.8. The fourth-order valence-corrected chi connectivity index (χ4v) is 6.06. The minimum Gasteiger partial charge on any atom is -0.361 e. The van der Waals surface area contributed by atoms with Crippen LogP contribution in [-0.4, -0.2) is 30.3 Å². The summed E-state index contributed by atoms with van der Waals surface area (Å²) in [5.41, 5.74) is 2.01. The molecule has 168 valence electrons. The van der Waals surface area contributed by atoms with Crippen LogP contribution < -0.4 is 5.32 Å². The number of sulfonamides is 1. The lowest BCUT2D eigenvalue weighted by atomic mass is 10.1. The van der Waals surface area contributed by atoms with E-state index < -0.39 is 27.0 Å². The number of hydrogen-bond donors (Lipinski definition) is 1. The molecule has 1 aromatic heterocycles. The molecule has 3 aromatic rings. The van der Waals surface area contributed by atoms with E-state index in [4.69, 9.17) is 4.52 Å². The SMILES string of the molecule is Cc1noc(C)c1C(=O)Nc1ccc(CN2CCCC(c3ccccc3)S2(=O)=O)c(F)c1. The maximum absolute atomic E-state index is 14.8. The van der Waals surface area contributed by atoms with Crippen LogP contribution in [0.1, 0.15) is 51.0 Å². The Hall–Kier alpha value is -3.04. The minimum atomic E-state index is -3.62. The van der Waals surface area contributed by atoms with Crippen LogP contribution in [-0.2, 0) is 16.6 Å². The fourth-order valence-electron chi connectivity index (χ4n) is 4.03. The molecule has 1 N–H and O–H groups in total. The number of aromatic nitrogens is 1. The van der Waals surface area contributed by atoms with Gasteiger partial charge in [-0.2, -0.15) is 4.31 Å². The van der Waals surface area contributed by atoms with Gasteiger partial charge < -0.3 is 9.84 Å². The summed E-state index contributed by atoms with van der Waals surface area (Å²) in [5, 5.41) is 5.75. The van der Waals surface area contributed by atoms with Crippen molar-refractivity contribution in [2.75, 3.05) is 11.9 Å². The zero-order chi connectivity index (χ0) is 22.9. The Labute approximate surface area is 186 Å². The number of rotatable bonds is 5. The number of carbonyl (C=O) groups is 1. The first-order valence-corrected chi connectivity index (χ1v) is 11.8. The van der Waals surface area contributed by atoms with E-state index in [1.165, 1.54) is 16.4 Å². The summed E-state index contributed by atoms with van der Waals surface area (Å²) < 4.78 is 47.5. The van der Waals surface area contributed by atoms with Crippen molar-refractivity contribution < 1.29 is 22.1 Å². The lowest BCUT2D eigenvalue weighted by molar-refractivity contribution is 0.102. The van der Waals surface area contributed by atoms with Gasteiger partial charge in [0, 0.05) is 24.3 Å². The van der Waals surface area contributed by atoms with Crippen LogP contribution >= 0.6 is 0 Å². The smallest absolute Gasteiger partial charge is 0.261 e. The van der Waals surface area contributed by atoms with Crippen LogP contribution in [0.15, 0.2) is 53.1 Å². The molecule has 1 aliphatic rings. The second-order valence-electron chi connectivity index (χ2n) is 7.88. The van der Waals surface area contributed by atoms with Gasteiger partial charge in [0.1, 0.15) is 22.4 Å². The third kappa shape index (κ3) is 4.31. The van der Waals surface area contributed by atoms with Crippen molar-refractivity contribution in [2.45, 2.75) is 38.5 Å². The van der Waals surface area contributed by atoms with E-state index in [0.717, 1.165) is 5.56 Å². The largest absolute Gasteiger partial charge is 0.361 e. The van der Waals surface area contributed by atoms with Gasteiger partial charge in [-0.15, -0.1) is 0 Å². The van der Waals surface area contributed by atoms with Crippen LogP contribution in [0.25, 0.3) is 0 Å². The molecule has 4 rings (SSSR count). The Bertz CT molecular complexity index is 1220. The van der Waals surface area contributed by atoms with Crippen molar-refractivity contribution in [1.29, 1.82) is 0 Å². The lowest BCUT2D eigenvalue weighted by Crippen LogP contribution is -2.39. The average Bonchev–Trinajstić information content (AvgIpc) is 3.09. The molecular formula is C23H24FN3O4S. The fraction of sp³-hybridized carbons (Fsp3) is 0.304. The number of nitrogens with zero attached hydrogens (tertiary/aromatic N) is 2. The first-order valence-electron chi connectivity index (χ1n) is 10.3. The van der Waals surface area contributed by atoms with Gasteiger partial charge in [0.2, 0.25) is 10.0 Å². The summed E-state index contributed by atoms with van der Waals surface area (Å²) in [5.74, 6) is -0.656. The van der Waals surface area contributed by atoms with Gasteiger partial charge >= 0.3 is 0 Å². The third-order valence-corrected chi connectivity index (χ3v) is 7.94. The van der Waals surface area contributed by atoms with E-state index in [1.54, 1.807) is 19.9 Å². The molecule has 9 heteroatoms. The minimum absolute atomic E-state index is 0.0599. The Morgan fingerprint density at radius 3 is 2.62 bits per heavy atom. The molecule has 1 amide bonds. The van der Waals surface area contributed by atoms with Crippen molar-refractivity contribution in [2.24, 2.45) is 0 Å². The van der Waals surface area contributed by atoms with E-state index in [2.05, 4.69) is 10.5 Å². The molecule has 2 heterocycles. The molecule has 0 saturated carbocycles. The number of anilines is 1. The van der Waals surface area contributed by atoms with E-state index in [0.29, 0.717) is 36.4 Å². The highest BCUT2D eigenvalue weighted by molar-refractivity contribution is 7.89. The highest BCUT2D eigenvalue weighted by Gasteiger charge is 2.37. The molecule has 7 nitrogen and oxygen atoms in total. The Balaban J connectivity index is 1.51. The molecule has 1 atom stereocenters. The molecule has 2 aromatic carbocycles. The van der Waals surface area contributed by atoms with Gasteiger partial charge in [0.25, 0.3) is 5.91 Å². The zero-order valence-electron chi connectivity index (χ0n) is 17.8. The van der Waals surface area contributed by atoms with Gasteiger partial charge in [-0.1, -0.05) is 41.6 Å². The summed E-state index contributed by atoms with van der Waals surface area (Å²) in [6.45, 7) is 3.56. The van der Waals surface area contributed by atoms with E-state index in [-0.39, 0.29) is 17.8 Å². The van der Waals surface area contributed by atoms with Gasteiger partial charge in [-0.25, -0.2) is 12.8 Å². The topological polar surface area (TPSA) is 92.5 Å². The van der Waals surface area contributed by atoms with Crippen LogP contribution in [0, 0.1) is 19.7 Å². The predicted molar refractivity (Wildman–Crippen MR) is 118 cm³/mol. The number of aryl methyl sites for hydroxylation is 2. The van der Waals surface area contributed by atoms with Gasteiger partial charge in [0.05, 0.1) is 5.69 Å². The standard InChI is InChI=1S/C23H24FN3O4S/c1-15-22(16(2)31-26-15)23(28)25-19-11-10-18(20(24)13-19)14-27-12-6-9-21(32(27,29)30)17-7-4-3-5-8-17/h3-5,7-8,10-11,13,21H,6,9,12,14H2,1-2H3,(H,25,28). The van der Waals surface area contributed by atoms with Gasteiger partial charge in [-0.05, 0) is 44.4 Å². The van der Waals surface area contributed by atoms with E-state index in [9.17, 15) is 17.6 Å². The average molecular weight is 458 g/mol. The summed E-state index contributed by atoms with van der Waals surface area (Å²) in [7, 11) is -3.62. The van der Waals surface area contributed by atoms with Crippen molar-refractivity contribution in [3.05, 3.63) is 82.5 Å². The number of benzene rings is 2. The Morgan fingerprint density at radius 2 is 1.97 bits per heavy atom. The second-order valence-corrected chi connectivity index (χ2v) is 9.99. The molecule has 1 saturated heterocycles. The Kier molecular flexibility index (Phi) is 6.12. The monoisotopic (exact) mass is 457 g/mol. The van der Waals surface area contributed by atoms with E-state index >= 15 is 0 Å². The van der Waals surface area contributed by atoms with Crippen molar-refractivity contribution in [1.82, 2.24) is 9.46 Å². The number of amides is 1. The van der Waals surface area contributed by atoms with Crippen LogP contribution in [0.3, 0.4) is 0 Å². The molecule has 1 fully saturated rings. The number of hydrogen-bond acceptors (Lipinski definition) is 5. The Morgan fingerprint density at radius 1 is 1.22 bits per heavy atom. The molecule has 0 aliphatic carbocycles. The normalized spacial score (nSPS) is 18.4. The van der Waals surface area contributed by atoms with Gasteiger partial charge in [0.15, 0.2) is 0 Å². The molecule has 0 bridgehead atoms. The van der Waals surface area contributed by atoms with Crippen LogP contribution in [0.4, 0.5) is 10.1 Å². The quantitative estimate of drug-likeness (QED) is 0.615. The summed E-state index contributed by atoms with van der Waals surface area (Å²) in [6, 6.07) is 13.3. The molecular weight excluding hydrogens is 433 g/mol. The number of halogens is 1. The zero-order valence-corrected chi connectivity index (χ0v) is 18.7. The summed E-state index contributed by atoms with van der Waals surface area (Å²) >= 11 is 0. The molecule has 32 heavy (non-hydrogen) atoms. The summed E-state index contributed by atoms with van der Waals surface area (Å²) in [6.07, 6.45) is 1.24. The van der Waals surface area contributed by atoms with Crippen molar-refractivity contribution in [3.8, 4) is 0 Å². The maximum Gasteiger partial charge on any atom is 0.261 e. The van der Waals surface area contributed by atoms with Crippen molar-refractivity contribution >= 4 is 21.6 Å². The first-order chi connectivity index (χ1) is 15.3. The molecule has 1 aliphatic heterocycles. The number of nitrogens with one attached hydrogen (secondary N) is 1. The lowest BCUT2D eigenvalue weighted by Gasteiger charge is -2.32. The van der Waals surface area contributed by atoms with Gasteiger partial charge in [-0.3, -0.25) is 4.79 Å². The van der Waals surface area contributed by atoms with E-state index in [1.807, 2.05) is 30.3 Å². The highest BCUT2D eigenvalue weighted by Crippen LogP contribution is 2.35. The predicted octanol–water partition coefficient (Wildman–Crippen LogP) is 4.35.